The van der Waals surface area contributed by atoms with Crippen LogP contribution in [0.5, 0.6) is 11.5 Å². The molecule has 0 fully saturated rings. The van der Waals surface area contributed by atoms with Gasteiger partial charge in [-0.05, 0) is 42.8 Å². The lowest BCUT2D eigenvalue weighted by Gasteiger charge is -2.18. The van der Waals surface area contributed by atoms with E-state index in [1.165, 1.54) is 0 Å². The number of nitrogens with zero attached hydrogens (tertiary/aromatic N) is 1. The maximum atomic E-state index is 12.7. The van der Waals surface area contributed by atoms with Crippen molar-refractivity contribution in [3.63, 3.8) is 0 Å². The third kappa shape index (κ3) is 4.53. The van der Waals surface area contributed by atoms with Crippen LogP contribution in [0, 0.1) is 0 Å². The number of benzene rings is 2. The summed E-state index contributed by atoms with van der Waals surface area (Å²) in [7, 11) is 4.89. The van der Waals surface area contributed by atoms with Crippen LogP contribution in [0.2, 0.25) is 0 Å². The first kappa shape index (κ1) is 19.3. The number of carbonyl (C=O) groups excluding carboxylic acids is 2. The van der Waals surface area contributed by atoms with E-state index in [0.717, 1.165) is 5.56 Å². The molecule has 0 heterocycles. The highest BCUT2D eigenvalue weighted by atomic mass is 16.5. The van der Waals surface area contributed by atoms with Gasteiger partial charge in [-0.2, -0.15) is 0 Å². The summed E-state index contributed by atoms with van der Waals surface area (Å²) in [5.74, 6) is 0.881. The SMILES string of the molecule is CCOc1cc(C(=O)N(C)Cc2ccc(C(=O)NC)cc2)ccc1OC. The normalized spacial score (nSPS) is 10.2. The minimum atomic E-state index is -0.136. The van der Waals surface area contributed by atoms with E-state index in [1.54, 1.807) is 56.4 Å². The average molecular weight is 356 g/mol. The molecule has 0 aliphatic carbocycles. The van der Waals surface area contributed by atoms with Crippen molar-refractivity contribution >= 4 is 11.8 Å². The van der Waals surface area contributed by atoms with Crippen molar-refractivity contribution in [1.29, 1.82) is 0 Å². The second-order valence-corrected chi connectivity index (χ2v) is 5.74. The zero-order valence-corrected chi connectivity index (χ0v) is 15.5. The van der Waals surface area contributed by atoms with Crippen molar-refractivity contribution in [3.05, 3.63) is 59.2 Å². The van der Waals surface area contributed by atoms with Crippen LogP contribution in [0.4, 0.5) is 0 Å². The summed E-state index contributed by atoms with van der Waals surface area (Å²) >= 11 is 0. The molecule has 2 rings (SSSR count). The summed E-state index contributed by atoms with van der Waals surface area (Å²) in [4.78, 5) is 25.9. The first-order valence-corrected chi connectivity index (χ1v) is 8.37. The number of hydrogen-bond donors (Lipinski definition) is 1. The van der Waals surface area contributed by atoms with Gasteiger partial charge in [0.2, 0.25) is 0 Å². The number of ether oxygens (including phenoxy) is 2. The topological polar surface area (TPSA) is 67.9 Å². The van der Waals surface area contributed by atoms with E-state index in [0.29, 0.717) is 35.8 Å². The van der Waals surface area contributed by atoms with E-state index in [4.69, 9.17) is 9.47 Å². The van der Waals surface area contributed by atoms with Crippen LogP contribution in [0.25, 0.3) is 0 Å². The van der Waals surface area contributed by atoms with Gasteiger partial charge in [0.15, 0.2) is 11.5 Å². The predicted octanol–water partition coefficient (Wildman–Crippen LogP) is 2.73. The lowest BCUT2D eigenvalue weighted by atomic mass is 10.1. The van der Waals surface area contributed by atoms with Gasteiger partial charge < -0.3 is 19.7 Å². The third-order valence-corrected chi connectivity index (χ3v) is 3.92. The lowest BCUT2D eigenvalue weighted by molar-refractivity contribution is 0.0784. The van der Waals surface area contributed by atoms with Gasteiger partial charge in [0, 0.05) is 31.8 Å². The maximum Gasteiger partial charge on any atom is 0.254 e. The minimum absolute atomic E-state index is 0.121. The van der Waals surface area contributed by atoms with Crippen molar-refractivity contribution in [2.75, 3.05) is 27.8 Å². The monoisotopic (exact) mass is 356 g/mol. The van der Waals surface area contributed by atoms with Gasteiger partial charge in [0.1, 0.15) is 0 Å². The first-order valence-electron chi connectivity index (χ1n) is 8.37. The summed E-state index contributed by atoms with van der Waals surface area (Å²) in [6.45, 7) is 2.80. The summed E-state index contributed by atoms with van der Waals surface area (Å²) in [6, 6.07) is 12.3. The number of nitrogens with one attached hydrogen (secondary N) is 1. The van der Waals surface area contributed by atoms with Crippen molar-refractivity contribution in [1.82, 2.24) is 10.2 Å². The Bertz CT molecular complexity index is 772. The van der Waals surface area contributed by atoms with Crippen LogP contribution < -0.4 is 14.8 Å². The molecule has 2 aromatic carbocycles. The average Bonchev–Trinajstić information content (AvgIpc) is 2.67. The summed E-state index contributed by atoms with van der Waals surface area (Å²) in [5.41, 5.74) is 2.05. The van der Waals surface area contributed by atoms with Gasteiger partial charge in [-0.1, -0.05) is 12.1 Å². The highest BCUT2D eigenvalue weighted by molar-refractivity contribution is 5.95. The summed E-state index contributed by atoms with van der Waals surface area (Å²) in [5, 5.41) is 2.58. The molecule has 138 valence electrons. The molecule has 0 aliphatic heterocycles. The number of rotatable bonds is 7. The number of carbonyl (C=O) groups is 2. The van der Waals surface area contributed by atoms with Crippen molar-refractivity contribution in [2.24, 2.45) is 0 Å². The third-order valence-electron chi connectivity index (χ3n) is 3.92. The fourth-order valence-corrected chi connectivity index (χ4v) is 2.55. The second kappa shape index (κ2) is 8.89. The molecular weight excluding hydrogens is 332 g/mol. The molecule has 0 unspecified atom stereocenters. The van der Waals surface area contributed by atoms with Crippen LogP contribution in [0.3, 0.4) is 0 Å². The van der Waals surface area contributed by atoms with Gasteiger partial charge in [0.25, 0.3) is 11.8 Å². The molecule has 2 aromatic rings. The number of methoxy groups -OCH3 is 1. The molecule has 0 radical (unpaired) electrons. The fraction of sp³-hybridized carbons (Fsp3) is 0.300. The molecule has 0 saturated carbocycles. The van der Waals surface area contributed by atoms with Crippen molar-refractivity contribution in [2.45, 2.75) is 13.5 Å². The molecule has 0 atom stereocenters. The molecule has 0 aromatic heterocycles. The lowest BCUT2D eigenvalue weighted by Crippen LogP contribution is -2.26. The van der Waals surface area contributed by atoms with Gasteiger partial charge in [-0.3, -0.25) is 9.59 Å². The molecule has 6 heteroatoms. The Morgan fingerprint density at radius 1 is 1.04 bits per heavy atom. The smallest absolute Gasteiger partial charge is 0.254 e. The highest BCUT2D eigenvalue weighted by Crippen LogP contribution is 2.28. The predicted molar refractivity (Wildman–Crippen MR) is 99.8 cm³/mol. The summed E-state index contributed by atoms with van der Waals surface area (Å²) < 4.78 is 10.8. The van der Waals surface area contributed by atoms with Gasteiger partial charge >= 0.3 is 0 Å². The molecule has 6 nitrogen and oxygen atoms in total. The van der Waals surface area contributed by atoms with E-state index in [-0.39, 0.29) is 11.8 Å². The minimum Gasteiger partial charge on any atom is -0.493 e. The van der Waals surface area contributed by atoms with Crippen molar-refractivity contribution < 1.29 is 19.1 Å². The molecule has 26 heavy (non-hydrogen) atoms. The Morgan fingerprint density at radius 2 is 1.69 bits per heavy atom. The molecule has 0 saturated heterocycles. The number of hydrogen-bond acceptors (Lipinski definition) is 4. The zero-order chi connectivity index (χ0) is 19.1. The van der Waals surface area contributed by atoms with E-state index in [1.807, 2.05) is 19.1 Å². The fourth-order valence-electron chi connectivity index (χ4n) is 2.55. The quantitative estimate of drug-likeness (QED) is 0.828. The van der Waals surface area contributed by atoms with E-state index in [9.17, 15) is 9.59 Å². The van der Waals surface area contributed by atoms with Gasteiger partial charge in [-0.15, -0.1) is 0 Å². The molecule has 2 amide bonds. The van der Waals surface area contributed by atoms with Gasteiger partial charge in [0.05, 0.1) is 13.7 Å². The summed E-state index contributed by atoms with van der Waals surface area (Å²) in [6.07, 6.45) is 0. The Hall–Kier alpha value is -3.02. The van der Waals surface area contributed by atoms with Crippen LogP contribution in [0.1, 0.15) is 33.2 Å². The maximum absolute atomic E-state index is 12.7. The van der Waals surface area contributed by atoms with Crippen LogP contribution in [-0.4, -0.2) is 44.5 Å². The van der Waals surface area contributed by atoms with Crippen LogP contribution in [-0.2, 0) is 6.54 Å². The molecule has 0 bridgehead atoms. The van der Waals surface area contributed by atoms with E-state index in [2.05, 4.69) is 5.32 Å². The zero-order valence-electron chi connectivity index (χ0n) is 15.5. The van der Waals surface area contributed by atoms with E-state index < -0.39 is 0 Å². The van der Waals surface area contributed by atoms with E-state index >= 15 is 0 Å². The Kier molecular flexibility index (Phi) is 6.60. The van der Waals surface area contributed by atoms with Gasteiger partial charge in [-0.25, -0.2) is 0 Å². The molecule has 0 aliphatic rings. The van der Waals surface area contributed by atoms with Crippen LogP contribution >= 0.6 is 0 Å². The number of amides is 2. The van der Waals surface area contributed by atoms with Crippen LogP contribution in [0.15, 0.2) is 42.5 Å². The Balaban J connectivity index is 2.11. The molecule has 1 N–H and O–H groups in total. The highest BCUT2D eigenvalue weighted by Gasteiger charge is 2.15. The first-order chi connectivity index (χ1) is 12.5. The molecule has 0 spiro atoms. The Morgan fingerprint density at radius 3 is 2.27 bits per heavy atom. The second-order valence-electron chi connectivity index (χ2n) is 5.74. The largest absolute Gasteiger partial charge is 0.493 e. The molecular formula is C20H24N2O4. The Labute approximate surface area is 153 Å². The standard InChI is InChI=1S/C20H24N2O4/c1-5-26-18-12-16(10-11-17(18)25-4)20(24)22(3)13-14-6-8-15(9-7-14)19(23)21-2/h6-12H,5,13H2,1-4H3,(H,21,23). The van der Waals surface area contributed by atoms with Crippen molar-refractivity contribution in [3.8, 4) is 11.5 Å².